The van der Waals surface area contributed by atoms with Gasteiger partial charge in [-0.25, -0.2) is 4.98 Å². The average molecular weight is 239 g/mol. The molecule has 1 unspecified atom stereocenters. The van der Waals surface area contributed by atoms with Gasteiger partial charge in [0.1, 0.15) is 11.9 Å². The van der Waals surface area contributed by atoms with Crippen molar-refractivity contribution in [2.45, 2.75) is 33.2 Å². The van der Waals surface area contributed by atoms with Crippen LogP contribution in [0.1, 0.15) is 36.7 Å². The van der Waals surface area contributed by atoms with Gasteiger partial charge in [-0.1, -0.05) is 6.92 Å². The van der Waals surface area contributed by atoms with Gasteiger partial charge in [0.15, 0.2) is 0 Å². The number of H-pyrrole nitrogens is 1. The number of carbonyl (C=O) groups excluding carboxylic acids is 2. The van der Waals surface area contributed by atoms with Gasteiger partial charge in [-0.3, -0.25) is 14.7 Å². The Hall–Kier alpha value is -1.92. The van der Waals surface area contributed by atoms with Gasteiger partial charge < -0.3 is 10.6 Å². The minimum absolute atomic E-state index is 0.0395. The largest absolute Gasteiger partial charge is 0.354 e. The molecule has 0 aliphatic rings. The molecule has 94 valence electrons. The van der Waals surface area contributed by atoms with Gasteiger partial charge in [0.2, 0.25) is 11.7 Å². The highest BCUT2D eigenvalue weighted by Crippen LogP contribution is 1.92. The number of hydrogen-bond acceptors (Lipinski definition) is 4. The minimum atomic E-state index is -0.604. The summed E-state index contributed by atoms with van der Waals surface area (Å²) < 4.78 is 0. The molecule has 0 aromatic carbocycles. The quantitative estimate of drug-likeness (QED) is 0.660. The summed E-state index contributed by atoms with van der Waals surface area (Å²) in [5.74, 6) is -0.0863. The zero-order valence-corrected chi connectivity index (χ0v) is 10.2. The van der Waals surface area contributed by atoms with Crippen molar-refractivity contribution in [3.63, 3.8) is 0 Å². The summed E-state index contributed by atoms with van der Waals surface area (Å²) in [6, 6.07) is -0.604. The van der Waals surface area contributed by atoms with Gasteiger partial charge in [-0.15, -0.1) is 5.10 Å². The van der Waals surface area contributed by atoms with Crippen LogP contribution in [0.2, 0.25) is 0 Å². The molecule has 7 heteroatoms. The molecule has 1 aromatic heterocycles. The molecule has 2 amide bonds. The van der Waals surface area contributed by atoms with E-state index < -0.39 is 11.9 Å². The molecule has 17 heavy (non-hydrogen) atoms. The first-order chi connectivity index (χ1) is 8.04. The smallest absolute Gasteiger partial charge is 0.291 e. The van der Waals surface area contributed by atoms with E-state index in [0.717, 1.165) is 6.42 Å². The fourth-order valence-corrected chi connectivity index (χ4v) is 1.17. The normalized spacial score (nSPS) is 11.9. The summed E-state index contributed by atoms with van der Waals surface area (Å²) in [6.45, 7) is 5.86. The second-order valence-electron chi connectivity index (χ2n) is 3.73. The maximum absolute atomic E-state index is 11.6. The third-order valence-electron chi connectivity index (χ3n) is 2.09. The molecule has 1 rings (SSSR count). The molecule has 0 bridgehead atoms. The van der Waals surface area contributed by atoms with Crippen LogP contribution in [0.5, 0.6) is 0 Å². The zero-order valence-electron chi connectivity index (χ0n) is 10.2. The van der Waals surface area contributed by atoms with E-state index in [1.807, 2.05) is 6.92 Å². The third kappa shape index (κ3) is 3.86. The Morgan fingerprint density at radius 2 is 2.18 bits per heavy atom. The van der Waals surface area contributed by atoms with Crippen molar-refractivity contribution in [2.75, 3.05) is 6.54 Å². The van der Waals surface area contributed by atoms with E-state index in [-0.39, 0.29) is 11.7 Å². The van der Waals surface area contributed by atoms with E-state index in [1.165, 1.54) is 0 Å². The monoisotopic (exact) mass is 239 g/mol. The molecular weight excluding hydrogens is 222 g/mol. The minimum Gasteiger partial charge on any atom is -0.354 e. The summed E-state index contributed by atoms with van der Waals surface area (Å²) in [4.78, 5) is 27.0. The predicted molar refractivity (Wildman–Crippen MR) is 61.3 cm³/mol. The molecule has 0 saturated carbocycles. The van der Waals surface area contributed by atoms with Gasteiger partial charge in [-0.05, 0) is 20.3 Å². The molecule has 1 atom stereocenters. The highest BCUT2D eigenvalue weighted by atomic mass is 16.2. The SMILES string of the molecule is CCCNC(=O)C(C)NC(=O)c1n[nH]c(C)n1. The Morgan fingerprint density at radius 1 is 1.47 bits per heavy atom. The van der Waals surface area contributed by atoms with Crippen LogP contribution in [-0.2, 0) is 4.79 Å². The van der Waals surface area contributed by atoms with Crippen molar-refractivity contribution in [1.82, 2.24) is 25.8 Å². The molecule has 3 N–H and O–H groups in total. The molecule has 0 spiro atoms. The standard InChI is InChI=1S/C10H17N5O2/c1-4-5-11-9(16)6(2)12-10(17)8-13-7(3)14-15-8/h6H,4-5H2,1-3H3,(H,11,16)(H,12,17)(H,13,14,15). The molecule has 0 radical (unpaired) electrons. The zero-order chi connectivity index (χ0) is 12.8. The lowest BCUT2D eigenvalue weighted by Gasteiger charge is -2.12. The van der Waals surface area contributed by atoms with Gasteiger partial charge >= 0.3 is 0 Å². The van der Waals surface area contributed by atoms with Gasteiger partial charge in [0.25, 0.3) is 5.91 Å². The van der Waals surface area contributed by atoms with E-state index >= 15 is 0 Å². The summed E-state index contributed by atoms with van der Waals surface area (Å²) >= 11 is 0. The highest BCUT2D eigenvalue weighted by molar-refractivity contribution is 5.94. The number of amides is 2. The fraction of sp³-hybridized carbons (Fsp3) is 0.600. The van der Waals surface area contributed by atoms with E-state index in [0.29, 0.717) is 12.4 Å². The van der Waals surface area contributed by atoms with Crippen molar-refractivity contribution in [2.24, 2.45) is 0 Å². The number of carbonyl (C=O) groups is 2. The topological polar surface area (TPSA) is 99.8 Å². The maximum Gasteiger partial charge on any atom is 0.291 e. The molecule has 0 saturated heterocycles. The first kappa shape index (κ1) is 13.1. The van der Waals surface area contributed by atoms with Crippen molar-refractivity contribution >= 4 is 11.8 Å². The lowest BCUT2D eigenvalue weighted by Crippen LogP contribution is -2.45. The molecule has 1 heterocycles. The number of nitrogens with zero attached hydrogens (tertiary/aromatic N) is 2. The summed E-state index contributed by atoms with van der Waals surface area (Å²) in [7, 11) is 0. The van der Waals surface area contributed by atoms with Crippen LogP contribution in [-0.4, -0.2) is 39.6 Å². The Morgan fingerprint density at radius 3 is 2.71 bits per heavy atom. The molecule has 0 aliphatic carbocycles. The van der Waals surface area contributed by atoms with E-state index in [1.54, 1.807) is 13.8 Å². The Balaban J connectivity index is 2.48. The van der Waals surface area contributed by atoms with Crippen molar-refractivity contribution < 1.29 is 9.59 Å². The second kappa shape index (κ2) is 5.97. The Kier molecular flexibility index (Phi) is 4.62. The molecule has 0 fully saturated rings. The highest BCUT2D eigenvalue weighted by Gasteiger charge is 2.18. The number of rotatable bonds is 5. The fourth-order valence-electron chi connectivity index (χ4n) is 1.17. The summed E-state index contributed by atoms with van der Waals surface area (Å²) in [5, 5.41) is 11.5. The van der Waals surface area contributed by atoms with Gasteiger partial charge in [-0.2, -0.15) is 0 Å². The molecular formula is C10H17N5O2. The first-order valence-electron chi connectivity index (χ1n) is 5.52. The molecule has 7 nitrogen and oxygen atoms in total. The summed E-state index contributed by atoms with van der Waals surface area (Å²) in [6.07, 6.45) is 0.854. The average Bonchev–Trinajstić information content (AvgIpc) is 2.72. The Bertz CT molecular complexity index is 401. The lowest BCUT2D eigenvalue weighted by atomic mass is 10.3. The second-order valence-corrected chi connectivity index (χ2v) is 3.73. The van der Waals surface area contributed by atoms with Gasteiger partial charge in [0.05, 0.1) is 0 Å². The number of nitrogens with one attached hydrogen (secondary N) is 3. The van der Waals surface area contributed by atoms with Crippen molar-refractivity contribution in [3.05, 3.63) is 11.6 Å². The van der Waals surface area contributed by atoms with Crippen LogP contribution in [0.15, 0.2) is 0 Å². The maximum atomic E-state index is 11.6. The van der Waals surface area contributed by atoms with Crippen molar-refractivity contribution in [1.29, 1.82) is 0 Å². The summed E-state index contributed by atoms with van der Waals surface area (Å²) in [5.41, 5.74) is 0. The Labute approximate surface area is 99.4 Å². The van der Waals surface area contributed by atoms with Gasteiger partial charge in [0, 0.05) is 6.54 Å². The van der Waals surface area contributed by atoms with Crippen molar-refractivity contribution in [3.8, 4) is 0 Å². The van der Waals surface area contributed by atoms with E-state index in [2.05, 4.69) is 25.8 Å². The molecule has 0 aliphatic heterocycles. The van der Waals surface area contributed by atoms with Crippen LogP contribution in [0.25, 0.3) is 0 Å². The third-order valence-corrected chi connectivity index (χ3v) is 2.09. The predicted octanol–water partition coefficient (Wildman–Crippen LogP) is -0.242. The number of aromatic amines is 1. The van der Waals surface area contributed by atoms with Crippen LogP contribution < -0.4 is 10.6 Å². The number of hydrogen-bond donors (Lipinski definition) is 3. The number of aromatic nitrogens is 3. The van der Waals surface area contributed by atoms with Crippen LogP contribution in [0, 0.1) is 6.92 Å². The number of aryl methyl sites for hydroxylation is 1. The van der Waals surface area contributed by atoms with E-state index in [9.17, 15) is 9.59 Å². The van der Waals surface area contributed by atoms with E-state index in [4.69, 9.17) is 0 Å². The van der Waals surface area contributed by atoms with Crippen LogP contribution >= 0.6 is 0 Å². The lowest BCUT2D eigenvalue weighted by molar-refractivity contribution is -0.122. The van der Waals surface area contributed by atoms with Crippen LogP contribution in [0.4, 0.5) is 0 Å². The molecule has 1 aromatic rings. The first-order valence-corrected chi connectivity index (χ1v) is 5.52. The van der Waals surface area contributed by atoms with Crippen LogP contribution in [0.3, 0.4) is 0 Å².